The molecule has 0 spiro atoms. The van der Waals surface area contributed by atoms with E-state index in [9.17, 15) is 0 Å². The summed E-state index contributed by atoms with van der Waals surface area (Å²) in [5, 5.41) is 0. The third kappa shape index (κ3) is 1.45. The van der Waals surface area contributed by atoms with E-state index in [1.54, 1.807) is 5.56 Å². The van der Waals surface area contributed by atoms with Crippen LogP contribution in [0.3, 0.4) is 0 Å². The maximum Gasteiger partial charge on any atom is 0.0449 e. The van der Waals surface area contributed by atoms with Gasteiger partial charge in [-0.05, 0) is 46.1 Å². The Morgan fingerprint density at radius 3 is 2.41 bits per heavy atom. The minimum atomic E-state index is 0.216. The smallest absolute Gasteiger partial charge is 0.0449 e. The Hall–Kier alpha value is -1.76. The van der Waals surface area contributed by atoms with E-state index < -0.39 is 0 Å². The number of anilines is 1. The van der Waals surface area contributed by atoms with Crippen LogP contribution in [0.1, 0.15) is 49.9 Å². The van der Waals surface area contributed by atoms with Crippen LogP contribution in [-0.2, 0) is 17.4 Å². The lowest BCUT2D eigenvalue weighted by atomic mass is 9.48. The first-order valence-corrected chi connectivity index (χ1v) is 8.24. The van der Waals surface area contributed by atoms with Gasteiger partial charge >= 0.3 is 0 Å². The van der Waals surface area contributed by atoms with Crippen LogP contribution < -0.4 is 4.90 Å². The third-order valence-corrected chi connectivity index (χ3v) is 6.39. The van der Waals surface area contributed by atoms with E-state index >= 15 is 0 Å². The predicted octanol–water partition coefficient (Wildman–Crippen LogP) is 5.18. The first kappa shape index (κ1) is 13.9. The number of hydrogen-bond acceptors (Lipinski definition) is 1. The van der Waals surface area contributed by atoms with Crippen molar-refractivity contribution >= 4 is 5.69 Å². The zero-order valence-electron chi connectivity index (χ0n) is 14.5. The van der Waals surface area contributed by atoms with Gasteiger partial charge in [0.05, 0.1) is 0 Å². The summed E-state index contributed by atoms with van der Waals surface area (Å²) < 4.78 is 0. The second kappa shape index (κ2) is 3.95. The van der Waals surface area contributed by atoms with E-state index in [0.29, 0.717) is 0 Å². The second-order valence-corrected chi connectivity index (χ2v) is 8.15. The molecule has 1 nitrogen and oxygen atoms in total. The van der Waals surface area contributed by atoms with Crippen LogP contribution in [0.25, 0.3) is 11.1 Å². The van der Waals surface area contributed by atoms with Crippen LogP contribution in [0.15, 0.2) is 30.3 Å². The molecular formula is C21H25N. The highest BCUT2D eigenvalue weighted by Crippen LogP contribution is 2.61. The van der Waals surface area contributed by atoms with Gasteiger partial charge in [-0.2, -0.15) is 0 Å². The summed E-state index contributed by atoms with van der Waals surface area (Å²) in [6.07, 6.45) is 0. The zero-order chi connectivity index (χ0) is 15.9. The Morgan fingerprint density at radius 2 is 1.68 bits per heavy atom. The van der Waals surface area contributed by atoms with E-state index in [2.05, 4.69) is 76.9 Å². The average molecular weight is 291 g/mol. The lowest BCUT2D eigenvalue weighted by molar-refractivity contribution is 0.243. The summed E-state index contributed by atoms with van der Waals surface area (Å²) in [5.74, 6) is 0. The SMILES string of the molecule is Cc1ccc2c(c1)CN(C)c1ccc3c(c1-2)C(C)(C)C3(C)C. The van der Waals surface area contributed by atoms with E-state index in [4.69, 9.17) is 0 Å². The Morgan fingerprint density at radius 1 is 0.955 bits per heavy atom. The number of benzene rings is 2. The van der Waals surface area contributed by atoms with Gasteiger partial charge in [0.1, 0.15) is 0 Å². The molecule has 1 aliphatic carbocycles. The number of aryl methyl sites for hydroxylation is 1. The predicted molar refractivity (Wildman–Crippen MR) is 94.8 cm³/mol. The Kier molecular flexibility index (Phi) is 2.49. The van der Waals surface area contributed by atoms with Gasteiger partial charge in [0.25, 0.3) is 0 Å². The molecular weight excluding hydrogens is 266 g/mol. The fourth-order valence-corrected chi connectivity index (χ4v) is 4.38. The van der Waals surface area contributed by atoms with E-state index in [0.717, 1.165) is 6.54 Å². The largest absolute Gasteiger partial charge is 0.370 e. The van der Waals surface area contributed by atoms with Gasteiger partial charge in [-0.25, -0.2) is 0 Å². The quantitative estimate of drug-likeness (QED) is 0.646. The van der Waals surface area contributed by atoms with Gasteiger partial charge in [0.2, 0.25) is 0 Å². The molecule has 22 heavy (non-hydrogen) atoms. The molecule has 0 saturated heterocycles. The van der Waals surface area contributed by atoms with Crippen molar-refractivity contribution in [3.63, 3.8) is 0 Å². The molecule has 0 amide bonds. The van der Waals surface area contributed by atoms with Crippen molar-refractivity contribution in [1.82, 2.24) is 0 Å². The van der Waals surface area contributed by atoms with Crippen molar-refractivity contribution in [2.75, 3.05) is 11.9 Å². The average Bonchev–Trinajstić information content (AvgIpc) is 2.45. The molecule has 1 heterocycles. The van der Waals surface area contributed by atoms with Gasteiger partial charge in [-0.15, -0.1) is 0 Å². The second-order valence-electron chi connectivity index (χ2n) is 8.15. The topological polar surface area (TPSA) is 3.24 Å². The monoisotopic (exact) mass is 291 g/mol. The van der Waals surface area contributed by atoms with Crippen LogP contribution in [0.5, 0.6) is 0 Å². The molecule has 0 bridgehead atoms. The molecule has 0 N–H and O–H groups in total. The first-order chi connectivity index (χ1) is 10.2. The third-order valence-electron chi connectivity index (χ3n) is 6.39. The number of fused-ring (bicyclic) bond motifs is 5. The lowest BCUT2D eigenvalue weighted by Crippen LogP contribution is -2.51. The first-order valence-electron chi connectivity index (χ1n) is 8.24. The number of hydrogen-bond donors (Lipinski definition) is 0. The molecule has 1 heteroatoms. The standard InChI is InChI=1S/C21H25N/c1-13-7-8-15-14(11-13)12-22(6)17-10-9-16-19(18(15)17)21(4,5)20(16,2)3/h7-11H,12H2,1-6H3. The van der Waals surface area contributed by atoms with Gasteiger partial charge in [0.15, 0.2) is 0 Å². The fraction of sp³-hybridized carbons (Fsp3) is 0.429. The summed E-state index contributed by atoms with van der Waals surface area (Å²) in [4.78, 5) is 2.40. The normalized spacial score (nSPS) is 19.8. The molecule has 114 valence electrons. The van der Waals surface area contributed by atoms with Crippen molar-refractivity contribution in [3.05, 3.63) is 52.6 Å². The highest BCUT2D eigenvalue weighted by molar-refractivity contribution is 5.90. The Balaban J connectivity index is 2.07. The molecule has 0 saturated carbocycles. The molecule has 0 aromatic heterocycles. The van der Waals surface area contributed by atoms with Crippen molar-refractivity contribution in [2.24, 2.45) is 0 Å². The molecule has 1 aliphatic heterocycles. The van der Waals surface area contributed by atoms with Crippen LogP contribution in [0.2, 0.25) is 0 Å². The molecule has 4 rings (SSSR count). The van der Waals surface area contributed by atoms with Crippen molar-refractivity contribution in [3.8, 4) is 11.1 Å². The van der Waals surface area contributed by atoms with Gasteiger partial charge < -0.3 is 4.90 Å². The molecule has 0 radical (unpaired) electrons. The van der Waals surface area contributed by atoms with Crippen LogP contribution in [0, 0.1) is 6.92 Å². The van der Waals surface area contributed by atoms with Crippen molar-refractivity contribution < 1.29 is 0 Å². The van der Waals surface area contributed by atoms with Crippen molar-refractivity contribution in [2.45, 2.75) is 52.0 Å². The summed E-state index contributed by atoms with van der Waals surface area (Å²) >= 11 is 0. The fourth-order valence-electron chi connectivity index (χ4n) is 4.38. The van der Waals surface area contributed by atoms with E-state index in [1.165, 1.54) is 33.5 Å². The lowest BCUT2D eigenvalue weighted by Gasteiger charge is -2.56. The van der Waals surface area contributed by atoms with Gasteiger partial charge in [0, 0.05) is 24.8 Å². The maximum absolute atomic E-state index is 2.40. The van der Waals surface area contributed by atoms with Crippen molar-refractivity contribution in [1.29, 1.82) is 0 Å². The van der Waals surface area contributed by atoms with Crippen LogP contribution in [0.4, 0.5) is 5.69 Å². The zero-order valence-corrected chi connectivity index (χ0v) is 14.5. The summed E-state index contributed by atoms with van der Waals surface area (Å²) in [6, 6.07) is 11.6. The molecule has 2 aromatic rings. The molecule has 0 unspecified atom stereocenters. The number of nitrogens with zero attached hydrogens (tertiary/aromatic N) is 1. The number of rotatable bonds is 0. The molecule has 2 aromatic carbocycles. The molecule has 0 atom stereocenters. The Labute approximate surface area is 134 Å². The molecule has 2 aliphatic rings. The van der Waals surface area contributed by atoms with Gasteiger partial charge in [-0.3, -0.25) is 0 Å². The van der Waals surface area contributed by atoms with Crippen LogP contribution >= 0.6 is 0 Å². The highest BCUT2D eigenvalue weighted by atomic mass is 15.1. The van der Waals surface area contributed by atoms with E-state index in [1.807, 2.05) is 0 Å². The Bertz CT molecular complexity index is 796. The maximum atomic E-state index is 2.40. The highest BCUT2D eigenvalue weighted by Gasteiger charge is 2.53. The summed E-state index contributed by atoms with van der Waals surface area (Å²) in [6.45, 7) is 12.8. The van der Waals surface area contributed by atoms with Gasteiger partial charge in [-0.1, -0.05) is 57.5 Å². The van der Waals surface area contributed by atoms with E-state index in [-0.39, 0.29) is 10.8 Å². The summed E-state index contributed by atoms with van der Waals surface area (Å²) in [5.41, 5.74) is 10.7. The summed E-state index contributed by atoms with van der Waals surface area (Å²) in [7, 11) is 2.22. The molecule has 0 fully saturated rings. The van der Waals surface area contributed by atoms with Crippen LogP contribution in [-0.4, -0.2) is 7.05 Å². The minimum absolute atomic E-state index is 0.216. The minimum Gasteiger partial charge on any atom is -0.370 e.